The number of nitrogens with zero attached hydrogens (tertiary/aromatic N) is 5. The normalized spacial score (nSPS) is 18.9. The number of benzene rings is 1. The molecule has 0 N–H and O–H groups in total. The van der Waals surface area contributed by atoms with E-state index in [1.807, 2.05) is 33.8 Å². The van der Waals surface area contributed by atoms with Gasteiger partial charge in [-0.25, -0.2) is 9.78 Å². The molecule has 0 bridgehead atoms. The number of pyridine rings is 1. The lowest BCUT2D eigenvalue weighted by molar-refractivity contribution is 0.0159. The van der Waals surface area contributed by atoms with E-state index in [1.165, 1.54) is 5.56 Å². The van der Waals surface area contributed by atoms with Crippen molar-refractivity contribution in [1.82, 2.24) is 14.8 Å². The van der Waals surface area contributed by atoms with Crippen molar-refractivity contribution in [2.45, 2.75) is 58.8 Å². The SMILES string of the molecule is CC1CN(c2c(C#N)c(Cl)nc3c2CCN(Cc2ccccc2)C3)CCN1C(=O)OC(C)(C)C. The van der Waals surface area contributed by atoms with Crippen molar-refractivity contribution < 1.29 is 9.53 Å². The van der Waals surface area contributed by atoms with E-state index in [2.05, 4.69) is 45.1 Å². The number of amides is 1. The summed E-state index contributed by atoms with van der Waals surface area (Å²) in [6.07, 6.45) is 0.503. The van der Waals surface area contributed by atoms with Gasteiger partial charge in [-0.15, -0.1) is 0 Å². The molecule has 0 saturated carbocycles. The maximum atomic E-state index is 12.7. The summed E-state index contributed by atoms with van der Waals surface area (Å²) in [5, 5.41) is 10.2. The van der Waals surface area contributed by atoms with Crippen LogP contribution in [0.1, 0.15) is 50.1 Å². The summed E-state index contributed by atoms with van der Waals surface area (Å²) in [6, 6.07) is 12.6. The lowest BCUT2D eigenvalue weighted by Gasteiger charge is -2.42. The third-order valence-electron chi connectivity index (χ3n) is 6.29. The molecule has 3 heterocycles. The van der Waals surface area contributed by atoms with Crippen LogP contribution in [0.5, 0.6) is 0 Å². The standard InChI is InChI=1S/C26H32ClN5O2/c1-18-15-31(12-13-32(18)25(33)34-26(2,3)4)23-20-10-11-30(16-19-8-6-5-7-9-19)17-22(20)29-24(27)21(23)14-28/h5-9,18H,10-13,15-17H2,1-4H3. The number of carbonyl (C=O) groups excluding carboxylic acids is 1. The zero-order valence-electron chi connectivity index (χ0n) is 20.3. The zero-order chi connectivity index (χ0) is 24.5. The first-order chi connectivity index (χ1) is 16.2. The predicted octanol–water partition coefficient (Wildman–Crippen LogP) is 4.61. The molecule has 8 heteroatoms. The molecule has 0 aliphatic carbocycles. The van der Waals surface area contributed by atoms with Crippen LogP contribution in [-0.2, 0) is 24.2 Å². The van der Waals surface area contributed by atoms with E-state index in [4.69, 9.17) is 16.3 Å². The Labute approximate surface area is 206 Å². The fraction of sp³-hybridized carbons (Fsp3) is 0.500. The number of carbonyl (C=O) groups is 1. The average molecular weight is 482 g/mol. The van der Waals surface area contributed by atoms with Gasteiger partial charge in [0.05, 0.1) is 11.4 Å². The van der Waals surface area contributed by atoms with Gasteiger partial charge in [0.2, 0.25) is 0 Å². The lowest BCUT2D eigenvalue weighted by Crippen LogP contribution is -2.55. The summed E-state index contributed by atoms with van der Waals surface area (Å²) in [5.74, 6) is 0. The van der Waals surface area contributed by atoms with E-state index < -0.39 is 5.60 Å². The number of fused-ring (bicyclic) bond motifs is 1. The highest BCUT2D eigenvalue weighted by Gasteiger charge is 2.34. The third-order valence-corrected chi connectivity index (χ3v) is 6.57. The molecule has 1 aromatic carbocycles. The van der Waals surface area contributed by atoms with Crippen LogP contribution >= 0.6 is 11.6 Å². The van der Waals surface area contributed by atoms with Gasteiger partial charge in [-0.05, 0) is 39.7 Å². The summed E-state index contributed by atoms with van der Waals surface area (Å²) >= 11 is 6.52. The van der Waals surface area contributed by atoms with Crippen LogP contribution in [0.3, 0.4) is 0 Å². The molecule has 1 fully saturated rings. The zero-order valence-corrected chi connectivity index (χ0v) is 21.1. The molecule has 2 aromatic rings. The van der Waals surface area contributed by atoms with Gasteiger partial charge in [0.25, 0.3) is 0 Å². The molecule has 34 heavy (non-hydrogen) atoms. The maximum absolute atomic E-state index is 12.7. The van der Waals surface area contributed by atoms with E-state index in [0.29, 0.717) is 31.7 Å². The number of hydrogen-bond donors (Lipinski definition) is 0. The number of hydrogen-bond acceptors (Lipinski definition) is 6. The summed E-state index contributed by atoms with van der Waals surface area (Å²) in [7, 11) is 0. The van der Waals surface area contributed by atoms with Crippen LogP contribution in [-0.4, -0.2) is 58.7 Å². The first-order valence-corrected chi connectivity index (χ1v) is 12.2. The van der Waals surface area contributed by atoms with Crippen LogP contribution in [0, 0.1) is 11.3 Å². The number of anilines is 1. The average Bonchev–Trinajstić information content (AvgIpc) is 2.77. The van der Waals surface area contributed by atoms with Gasteiger partial charge in [-0.2, -0.15) is 5.26 Å². The Hall–Kier alpha value is -2.82. The van der Waals surface area contributed by atoms with Crippen LogP contribution in [0.4, 0.5) is 10.5 Å². The van der Waals surface area contributed by atoms with Gasteiger partial charge in [-0.3, -0.25) is 4.90 Å². The minimum atomic E-state index is -0.536. The Morgan fingerprint density at radius 2 is 1.97 bits per heavy atom. The minimum absolute atomic E-state index is 0.0593. The van der Waals surface area contributed by atoms with Crippen molar-refractivity contribution in [2.75, 3.05) is 31.1 Å². The third kappa shape index (κ3) is 5.29. The van der Waals surface area contributed by atoms with Crippen LogP contribution in [0.15, 0.2) is 30.3 Å². The van der Waals surface area contributed by atoms with Crippen molar-refractivity contribution in [3.63, 3.8) is 0 Å². The molecule has 4 rings (SSSR count). The number of piperazine rings is 1. The molecule has 1 amide bonds. The van der Waals surface area contributed by atoms with Crippen LogP contribution in [0.2, 0.25) is 5.15 Å². The Bertz CT molecular complexity index is 1090. The Morgan fingerprint density at radius 1 is 1.24 bits per heavy atom. The Balaban J connectivity index is 1.56. The van der Waals surface area contributed by atoms with Crippen molar-refractivity contribution >= 4 is 23.4 Å². The second-order valence-corrected chi connectivity index (χ2v) is 10.4. The molecular weight excluding hydrogens is 450 g/mol. The van der Waals surface area contributed by atoms with Crippen molar-refractivity contribution in [3.05, 3.63) is 57.9 Å². The molecule has 180 valence electrons. The number of nitriles is 1. The highest BCUT2D eigenvalue weighted by molar-refractivity contribution is 6.31. The summed E-state index contributed by atoms with van der Waals surface area (Å²) in [5.41, 5.74) is 4.07. The van der Waals surface area contributed by atoms with E-state index in [0.717, 1.165) is 36.5 Å². The van der Waals surface area contributed by atoms with E-state index >= 15 is 0 Å². The fourth-order valence-electron chi connectivity index (χ4n) is 4.76. The maximum Gasteiger partial charge on any atom is 0.410 e. The molecule has 2 aliphatic heterocycles. The number of rotatable bonds is 3. The van der Waals surface area contributed by atoms with Crippen LogP contribution < -0.4 is 4.90 Å². The molecule has 1 saturated heterocycles. The van der Waals surface area contributed by atoms with Crippen molar-refractivity contribution in [1.29, 1.82) is 5.26 Å². The number of ether oxygens (including phenoxy) is 1. The van der Waals surface area contributed by atoms with Gasteiger partial charge in [0, 0.05) is 50.9 Å². The lowest BCUT2D eigenvalue weighted by atomic mass is 9.97. The van der Waals surface area contributed by atoms with E-state index in [-0.39, 0.29) is 17.3 Å². The number of halogens is 1. The first kappa shape index (κ1) is 24.3. The van der Waals surface area contributed by atoms with Gasteiger partial charge in [-0.1, -0.05) is 41.9 Å². The van der Waals surface area contributed by atoms with Gasteiger partial charge in [0.1, 0.15) is 22.4 Å². The predicted molar refractivity (Wildman–Crippen MR) is 133 cm³/mol. The molecule has 1 unspecified atom stereocenters. The highest BCUT2D eigenvalue weighted by Crippen LogP contribution is 2.36. The highest BCUT2D eigenvalue weighted by atomic mass is 35.5. The van der Waals surface area contributed by atoms with E-state index in [9.17, 15) is 10.1 Å². The topological polar surface area (TPSA) is 72.7 Å². The molecule has 1 aromatic heterocycles. The Kier molecular flexibility index (Phi) is 7.01. The molecular formula is C26H32ClN5O2. The number of aromatic nitrogens is 1. The second-order valence-electron chi connectivity index (χ2n) is 10.1. The fourth-order valence-corrected chi connectivity index (χ4v) is 4.99. The van der Waals surface area contributed by atoms with E-state index in [1.54, 1.807) is 4.90 Å². The summed E-state index contributed by atoms with van der Waals surface area (Å²) in [4.78, 5) is 23.6. The monoisotopic (exact) mass is 481 g/mol. The van der Waals surface area contributed by atoms with Gasteiger partial charge < -0.3 is 14.5 Å². The van der Waals surface area contributed by atoms with Gasteiger partial charge in [0.15, 0.2) is 0 Å². The molecule has 1 atom stereocenters. The largest absolute Gasteiger partial charge is 0.444 e. The van der Waals surface area contributed by atoms with Crippen LogP contribution in [0.25, 0.3) is 0 Å². The smallest absolute Gasteiger partial charge is 0.410 e. The summed E-state index contributed by atoms with van der Waals surface area (Å²) < 4.78 is 5.58. The van der Waals surface area contributed by atoms with Gasteiger partial charge >= 0.3 is 6.09 Å². The Morgan fingerprint density at radius 3 is 2.62 bits per heavy atom. The molecule has 7 nitrogen and oxygen atoms in total. The first-order valence-electron chi connectivity index (χ1n) is 11.8. The molecule has 0 radical (unpaired) electrons. The quantitative estimate of drug-likeness (QED) is 0.596. The summed E-state index contributed by atoms with van der Waals surface area (Å²) in [6.45, 7) is 11.8. The van der Waals surface area contributed by atoms with Crippen molar-refractivity contribution in [2.24, 2.45) is 0 Å². The molecule has 0 spiro atoms. The van der Waals surface area contributed by atoms with Crippen molar-refractivity contribution in [3.8, 4) is 6.07 Å². The minimum Gasteiger partial charge on any atom is -0.444 e. The molecule has 2 aliphatic rings. The second kappa shape index (κ2) is 9.81.